The fourth-order valence-electron chi connectivity index (χ4n) is 1.82. The van der Waals surface area contributed by atoms with Crippen molar-refractivity contribution in [2.45, 2.75) is 32.7 Å². The van der Waals surface area contributed by atoms with E-state index in [2.05, 4.69) is 17.2 Å². The Morgan fingerprint density at radius 2 is 2.27 bits per heavy atom. The number of aromatic nitrogens is 1. The van der Waals surface area contributed by atoms with Crippen molar-refractivity contribution in [3.05, 3.63) is 29.0 Å². The van der Waals surface area contributed by atoms with E-state index in [0.29, 0.717) is 10.6 Å². The zero-order valence-electron chi connectivity index (χ0n) is 9.09. The van der Waals surface area contributed by atoms with Crippen LogP contribution in [0.3, 0.4) is 0 Å². The highest BCUT2D eigenvalue weighted by atomic mass is 35.5. The molecule has 1 heterocycles. The van der Waals surface area contributed by atoms with Gasteiger partial charge in [0.05, 0.1) is 0 Å². The van der Waals surface area contributed by atoms with Crippen molar-refractivity contribution in [2.75, 3.05) is 6.54 Å². The summed E-state index contributed by atoms with van der Waals surface area (Å²) in [4.78, 5) is 4.06. The molecule has 15 heavy (non-hydrogen) atoms. The van der Waals surface area contributed by atoms with Crippen molar-refractivity contribution in [1.29, 1.82) is 0 Å². The summed E-state index contributed by atoms with van der Waals surface area (Å²) in [6.07, 6.45) is 5.89. The van der Waals surface area contributed by atoms with Gasteiger partial charge < -0.3 is 5.32 Å². The van der Waals surface area contributed by atoms with Gasteiger partial charge in [-0.15, -0.1) is 0 Å². The van der Waals surface area contributed by atoms with Crippen molar-refractivity contribution < 1.29 is 0 Å². The van der Waals surface area contributed by atoms with Crippen molar-refractivity contribution in [3.63, 3.8) is 0 Å². The molecule has 0 aromatic carbocycles. The number of halogens is 1. The Morgan fingerprint density at radius 1 is 1.47 bits per heavy atom. The molecule has 1 aromatic rings. The highest BCUT2D eigenvalue weighted by Gasteiger charge is 2.39. The van der Waals surface area contributed by atoms with Gasteiger partial charge in [-0.1, -0.05) is 24.6 Å². The van der Waals surface area contributed by atoms with Crippen molar-refractivity contribution in [2.24, 2.45) is 5.41 Å². The van der Waals surface area contributed by atoms with Crippen LogP contribution in [0, 0.1) is 5.41 Å². The third kappa shape index (κ3) is 2.93. The number of hydrogen-bond acceptors (Lipinski definition) is 2. The van der Waals surface area contributed by atoms with Gasteiger partial charge in [0.1, 0.15) is 5.15 Å². The summed E-state index contributed by atoms with van der Waals surface area (Å²) in [6.45, 7) is 4.30. The first-order valence-corrected chi connectivity index (χ1v) is 5.93. The van der Waals surface area contributed by atoms with Crippen LogP contribution in [0.15, 0.2) is 18.3 Å². The van der Waals surface area contributed by atoms with Gasteiger partial charge in [0.15, 0.2) is 0 Å². The Hall–Kier alpha value is -0.600. The van der Waals surface area contributed by atoms with Gasteiger partial charge in [-0.2, -0.15) is 0 Å². The van der Waals surface area contributed by atoms with E-state index in [9.17, 15) is 0 Å². The Kier molecular flexibility index (Phi) is 3.27. The molecule has 1 fully saturated rings. The minimum absolute atomic E-state index is 0.561. The summed E-state index contributed by atoms with van der Waals surface area (Å²) in [6, 6.07) is 3.86. The summed E-state index contributed by atoms with van der Waals surface area (Å²) in [5.74, 6) is 0. The molecule has 0 unspecified atom stereocenters. The van der Waals surface area contributed by atoms with E-state index in [1.807, 2.05) is 18.3 Å². The molecule has 0 amide bonds. The van der Waals surface area contributed by atoms with E-state index in [1.165, 1.54) is 24.8 Å². The molecule has 1 aliphatic rings. The van der Waals surface area contributed by atoms with Gasteiger partial charge in [0.25, 0.3) is 0 Å². The van der Waals surface area contributed by atoms with Crippen LogP contribution >= 0.6 is 11.6 Å². The van der Waals surface area contributed by atoms with Crippen LogP contribution in [-0.2, 0) is 6.54 Å². The maximum atomic E-state index is 5.72. The van der Waals surface area contributed by atoms with Crippen molar-refractivity contribution in [1.82, 2.24) is 10.3 Å². The smallest absolute Gasteiger partial charge is 0.129 e. The van der Waals surface area contributed by atoms with E-state index in [1.54, 1.807) is 0 Å². The van der Waals surface area contributed by atoms with E-state index in [0.717, 1.165) is 13.1 Å². The quantitative estimate of drug-likeness (QED) is 0.778. The Bertz CT molecular complexity index is 317. The predicted octanol–water partition coefficient (Wildman–Crippen LogP) is 3.01. The minimum Gasteiger partial charge on any atom is -0.312 e. The van der Waals surface area contributed by atoms with Crippen LogP contribution < -0.4 is 5.32 Å². The van der Waals surface area contributed by atoms with E-state index < -0.39 is 0 Å². The zero-order valence-corrected chi connectivity index (χ0v) is 9.85. The van der Waals surface area contributed by atoms with Gasteiger partial charge >= 0.3 is 0 Å². The molecule has 1 aromatic heterocycles. The second kappa shape index (κ2) is 4.50. The summed E-state index contributed by atoms with van der Waals surface area (Å²) in [7, 11) is 0. The lowest BCUT2D eigenvalue weighted by Gasteiger charge is -2.13. The molecule has 1 saturated carbocycles. The Morgan fingerprint density at radius 3 is 2.80 bits per heavy atom. The summed E-state index contributed by atoms with van der Waals surface area (Å²) < 4.78 is 0. The van der Waals surface area contributed by atoms with E-state index in [-0.39, 0.29) is 0 Å². The van der Waals surface area contributed by atoms with Crippen LogP contribution in [0.4, 0.5) is 0 Å². The summed E-state index contributed by atoms with van der Waals surface area (Å²) in [5.41, 5.74) is 1.81. The van der Waals surface area contributed by atoms with Crippen LogP contribution in [0.5, 0.6) is 0 Å². The number of rotatable bonds is 5. The number of hydrogen-bond donors (Lipinski definition) is 1. The highest BCUT2D eigenvalue weighted by molar-refractivity contribution is 6.29. The first-order valence-electron chi connectivity index (χ1n) is 5.55. The summed E-state index contributed by atoms with van der Waals surface area (Å²) >= 11 is 5.72. The van der Waals surface area contributed by atoms with Crippen molar-refractivity contribution >= 4 is 11.6 Å². The SMILES string of the molecule is CCC1(CNCc2ccc(Cl)nc2)CC1. The second-order valence-electron chi connectivity index (χ2n) is 4.45. The number of nitrogens with one attached hydrogen (secondary N) is 1. The molecule has 1 aliphatic carbocycles. The zero-order chi connectivity index (χ0) is 10.7. The molecular formula is C12H17ClN2. The maximum absolute atomic E-state index is 5.72. The normalized spacial score (nSPS) is 17.7. The second-order valence-corrected chi connectivity index (χ2v) is 4.83. The largest absolute Gasteiger partial charge is 0.312 e. The molecule has 3 heteroatoms. The van der Waals surface area contributed by atoms with Crippen LogP contribution in [0.2, 0.25) is 5.15 Å². The number of pyridine rings is 1. The molecule has 1 N–H and O–H groups in total. The Balaban J connectivity index is 1.76. The molecule has 0 bridgehead atoms. The monoisotopic (exact) mass is 224 g/mol. The first kappa shape index (κ1) is 10.9. The van der Waals surface area contributed by atoms with Crippen LogP contribution in [-0.4, -0.2) is 11.5 Å². The molecule has 0 radical (unpaired) electrons. The number of nitrogens with zero attached hydrogens (tertiary/aromatic N) is 1. The van der Waals surface area contributed by atoms with Gasteiger partial charge in [-0.25, -0.2) is 4.98 Å². The molecule has 2 rings (SSSR count). The fourth-order valence-corrected chi connectivity index (χ4v) is 1.93. The molecule has 0 aliphatic heterocycles. The lowest BCUT2D eigenvalue weighted by atomic mass is 10.0. The van der Waals surface area contributed by atoms with E-state index in [4.69, 9.17) is 11.6 Å². The molecule has 82 valence electrons. The van der Waals surface area contributed by atoms with Gasteiger partial charge in [0, 0.05) is 19.3 Å². The summed E-state index contributed by atoms with van der Waals surface area (Å²) in [5, 5.41) is 4.05. The lowest BCUT2D eigenvalue weighted by molar-refractivity contribution is 0.443. The maximum Gasteiger partial charge on any atom is 0.129 e. The first-order chi connectivity index (χ1) is 7.24. The molecule has 0 spiro atoms. The Labute approximate surface area is 96.1 Å². The van der Waals surface area contributed by atoms with Crippen LogP contribution in [0.25, 0.3) is 0 Å². The third-order valence-electron chi connectivity index (χ3n) is 3.32. The lowest BCUT2D eigenvalue weighted by Crippen LogP contribution is -2.23. The average molecular weight is 225 g/mol. The molecular weight excluding hydrogens is 208 g/mol. The van der Waals surface area contributed by atoms with Gasteiger partial charge in [0.2, 0.25) is 0 Å². The predicted molar refractivity (Wildman–Crippen MR) is 62.9 cm³/mol. The average Bonchev–Trinajstić information content (AvgIpc) is 3.02. The third-order valence-corrected chi connectivity index (χ3v) is 3.55. The van der Waals surface area contributed by atoms with Gasteiger partial charge in [-0.3, -0.25) is 0 Å². The fraction of sp³-hybridized carbons (Fsp3) is 0.583. The molecule has 0 atom stereocenters. The molecule has 0 saturated heterocycles. The van der Waals surface area contributed by atoms with Crippen molar-refractivity contribution in [3.8, 4) is 0 Å². The molecule has 2 nitrogen and oxygen atoms in total. The highest BCUT2D eigenvalue weighted by Crippen LogP contribution is 2.47. The topological polar surface area (TPSA) is 24.9 Å². The van der Waals surface area contributed by atoms with Crippen LogP contribution in [0.1, 0.15) is 31.7 Å². The van der Waals surface area contributed by atoms with E-state index >= 15 is 0 Å². The standard InChI is InChI=1S/C12H17ClN2/c1-2-12(5-6-12)9-14-7-10-3-4-11(13)15-8-10/h3-4,8,14H,2,5-7,9H2,1H3. The van der Waals surface area contributed by atoms with Gasteiger partial charge in [-0.05, 0) is 36.3 Å². The minimum atomic E-state index is 0.561.